The van der Waals surface area contributed by atoms with Crippen molar-refractivity contribution in [1.29, 1.82) is 0 Å². The van der Waals surface area contributed by atoms with Crippen LogP contribution in [0.3, 0.4) is 0 Å². The summed E-state index contributed by atoms with van der Waals surface area (Å²) in [4.78, 5) is 22.5. The molecule has 0 bridgehead atoms. The van der Waals surface area contributed by atoms with E-state index < -0.39 is 5.91 Å². The number of nitrogens with one attached hydrogen (secondary N) is 1. The number of rotatable bonds is 4. The third-order valence-electron chi connectivity index (χ3n) is 2.06. The van der Waals surface area contributed by atoms with Crippen LogP contribution < -0.4 is 11.1 Å². The number of carbonyl (C=O) groups excluding carboxylic acids is 2. The second-order valence-electron chi connectivity index (χ2n) is 3.67. The summed E-state index contributed by atoms with van der Waals surface area (Å²) in [5.74, 6) is -0.727. The molecule has 0 saturated heterocycles. The van der Waals surface area contributed by atoms with Crippen molar-refractivity contribution in [2.75, 3.05) is 0 Å². The molecule has 1 aromatic carbocycles. The zero-order chi connectivity index (χ0) is 13.0. The van der Waals surface area contributed by atoms with Gasteiger partial charge in [0.15, 0.2) is 0 Å². The maximum absolute atomic E-state index is 11.8. The van der Waals surface area contributed by atoms with Gasteiger partial charge in [0.2, 0.25) is 5.91 Å². The van der Waals surface area contributed by atoms with Crippen molar-refractivity contribution in [1.82, 2.24) is 5.32 Å². The van der Waals surface area contributed by atoms with Crippen molar-refractivity contribution in [3.63, 3.8) is 0 Å². The highest BCUT2D eigenvalue weighted by molar-refractivity contribution is 9.10. The van der Waals surface area contributed by atoms with E-state index in [1.165, 1.54) is 0 Å². The molecule has 0 radical (unpaired) electrons. The summed E-state index contributed by atoms with van der Waals surface area (Å²) in [6, 6.07) is 4.57. The normalized spacial score (nSPS) is 11.9. The molecule has 2 amide bonds. The van der Waals surface area contributed by atoms with Gasteiger partial charge in [-0.25, -0.2) is 0 Å². The predicted molar refractivity (Wildman–Crippen MR) is 69.9 cm³/mol. The highest BCUT2D eigenvalue weighted by atomic mass is 79.9. The van der Waals surface area contributed by atoms with Gasteiger partial charge in [0, 0.05) is 22.0 Å². The summed E-state index contributed by atoms with van der Waals surface area (Å²) in [5.41, 5.74) is 5.50. The molecule has 1 unspecified atom stereocenters. The molecule has 1 atom stereocenters. The lowest BCUT2D eigenvalue weighted by Gasteiger charge is -2.12. The molecule has 0 spiro atoms. The Bertz CT molecular complexity index is 451. The maximum atomic E-state index is 11.8. The Morgan fingerprint density at radius 1 is 1.53 bits per heavy atom. The van der Waals surface area contributed by atoms with E-state index in [4.69, 9.17) is 17.3 Å². The van der Waals surface area contributed by atoms with E-state index in [9.17, 15) is 9.59 Å². The summed E-state index contributed by atoms with van der Waals surface area (Å²) < 4.78 is 0.605. The van der Waals surface area contributed by atoms with Crippen molar-refractivity contribution < 1.29 is 9.59 Å². The van der Waals surface area contributed by atoms with Gasteiger partial charge in [-0.1, -0.05) is 11.6 Å². The average Bonchev–Trinajstić information content (AvgIpc) is 2.15. The van der Waals surface area contributed by atoms with E-state index in [-0.39, 0.29) is 18.4 Å². The Morgan fingerprint density at radius 2 is 2.18 bits per heavy atom. The van der Waals surface area contributed by atoms with Crippen molar-refractivity contribution >= 4 is 39.3 Å². The smallest absolute Gasteiger partial charge is 0.252 e. The molecule has 1 aromatic rings. The van der Waals surface area contributed by atoms with Crippen LogP contribution in [0.1, 0.15) is 23.7 Å². The number of halogens is 2. The molecule has 6 heteroatoms. The summed E-state index contributed by atoms with van der Waals surface area (Å²) in [6.45, 7) is 1.71. The average molecular weight is 320 g/mol. The van der Waals surface area contributed by atoms with Gasteiger partial charge in [0.05, 0.1) is 5.56 Å². The van der Waals surface area contributed by atoms with E-state index in [0.717, 1.165) is 0 Å². The van der Waals surface area contributed by atoms with Crippen LogP contribution in [0.2, 0.25) is 5.02 Å². The first kappa shape index (κ1) is 14.0. The largest absolute Gasteiger partial charge is 0.370 e. The highest BCUT2D eigenvalue weighted by Crippen LogP contribution is 2.21. The second-order valence-corrected chi connectivity index (χ2v) is 4.96. The van der Waals surface area contributed by atoms with Crippen LogP contribution in [0.15, 0.2) is 22.7 Å². The van der Waals surface area contributed by atoms with Crippen LogP contribution in [0.4, 0.5) is 0 Å². The minimum absolute atomic E-state index is 0.108. The standard InChI is InChI=1S/C11H12BrClN2O2/c1-6(4-10(14)16)15-11(17)8-3-2-7(13)5-9(8)12/h2-3,5-6H,4H2,1H3,(H2,14,16)(H,15,17). The summed E-state index contributed by atoms with van der Waals surface area (Å²) in [5, 5.41) is 3.22. The minimum Gasteiger partial charge on any atom is -0.370 e. The van der Waals surface area contributed by atoms with E-state index in [1.54, 1.807) is 25.1 Å². The number of primary amides is 1. The van der Waals surface area contributed by atoms with Crippen LogP contribution in [0.5, 0.6) is 0 Å². The lowest BCUT2D eigenvalue weighted by molar-refractivity contribution is -0.118. The predicted octanol–water partition coefficient (Wildman–Crippen LogP) is 2.10. The molecule has 0 heterocycles. The molecular weight excluding hydrogens is 307 g/mol. The molecule has 92 valence electrons. The first-order valence-corrected chi connectivity index (χ1v) is 6.11. The van der Waals surface area contributed by atoms with Gasteiger partial charge < -0.3 is 11.1 Å². The molecule has 0 aliphatic heterocycles. The van der Waals surface area contributed by atoms with Gasteiger partial charge in [-0.15, -0.1) is 0 Å². The molecule has 0 fully saturated rings. The van der Waals surface area contributed by atoms with Crippen molar-refractivity contribution in [2.24, 2.45) is 5.73 Å². The fraction of sp³-hybridized carbons (Fsp3) is 0.273. The van der Waals surface area contributed by atoms with Gasteiger partial charge in [-0.3, -0.25) is 9.59 Å². The van der Waals surface area contributed by atoms with E-state index in [1.807, 2.05) is 0 Å². The van der Waals surface area contributed by atoms with Crippen molar-refractivity contribution in [2.45, 2.75) is 19.4 Å². The number of nitrogens with two attached hydrogens (primary N) is 1. The van der Waals surface area contributed by atoms with Gasteiger partial charge >= 0.3 is 0 Å². The third-order valence-corrected chi connectivity index (χ3v) is 2.95. The van der Waals surface area contributed by atoms with Gasteiger partial charge in [0.1, 0.15) is 0 Å². The fourth-order valence-corrected chi connectivity index (χ4v) is 2.19. The first-order chi connectivity index (χ1) is 7.90. The van der Waals surface area contributed by atoms with Crippen LogP contribution >= 0.6 is 27.5 Å². The van der Waals surface area contributed by atoms with Crippen LogP contribution in [0, 0.1) is 0 Å². The maximum Gasteiger partial charge on any atom is 0.252 e. The SMILES string of the molecule is CC(CC(N)=O)NC(=O)c1ccc(Cl)cc1Br. The number of amides is 2. The Hall–Kier alpha value is -1.07. The number of hydrogen-bond acceptors (Lipinski definition) is 2. The van der Waals surface area contributed by atoms with E-state index in [2.05, 4.69) is 21.2 Å². The Morgan fingerprint density at radius 3 is 2.71 bits per heavy atom. The lowest BCUT2D eigenvalue weighted by Crippen LogP contribution is -2.35. The second kappa shape index (κ2) is 6.02. The summed E-state index contributed by atoms with van der Waals surface area (Å²) >= 11 is 9.02. The quantitative estimate of drug-likeness (QED) is 0.892. The minimum atomic E-state index is -0.451. The molecule has 17 heavy (non-hydrogen) atoms. The van der Waals surface area contributed by atoms with Gasteiger partial charge in [-0.05, 0) is 41.1 Å². The molecular formula is C11H12BrClN2O2. The van der Waals surface area contributed by atoms with Gasteiger partial charge in [-0.2, -0.15) is 0 Å². The molecule has 0 saturated carbocycles. The first-order valence-electron chi connectivity index (χ1n) is 4.94. The van der Waals surface area contributed by atoms with Crippen LogP contribution in [0.25, 0.3) is 0 Å². The zero-order valence-corrected chi connectivity index (χ0v) is 11.5. The topological polar surface area (TPSA) is 72.2 Å². The van der Waals surface area contributed by atoms with Crippen LogP contribution in [-0.2, 0) is 4.79 Å². The van der Waals surface area contributed by atoms with E-state index >= 15 is 0 Å². The molecule has 0 aliphatic rings. The summed E-state index contributed by atoms with van der Waals surface area (Å²) in [6.07, 6.45) is 0.108. The Kier molecular flexibility index (Phi) is 4.96. The molecule has 0 aliphatic carbocycles. The molecule has 1 rings (SSSR count). The molecule has 3 N–H and O–H groups in total. The Balaban J connectivity index is 2.73. The van der Waals surface area contributed by atoms with Crippen LogP contribution in [-0.4, -0.2) is 17.9 Å². The number of benzene rings is 1. The van der Waals surface area contributed by atoms with Crippen molar-refractivity contribution in [3.05, 3.63) is 33.3 Å². The Labute approximate surface area is 113 Å². The van der Waals surface area contributed by atoms with Crippen molar-refractivity contribution in [3.8, 4) is 0 Å². The lowest BCUT2D eigenvalue weighted by atomic mass is 10.1. The number of hydrogen-bond donors (Lipinski definition) is 2. The fourth-order valence-electron chi connectivity index (χ4n) is 1.33. The third kappa shape index (κ3) is 4.36. The monoisotopic (exact) mass is 318 g/mol. The number of carbonyl (C=O) groups is 2. The van der Waals surface area contributed by atoms with Gasteiger partial charge in [0.25, 0.3) is 5.91 Å². The molecule has 4 nitrogen and oxygen atoms in total. The zero-order valence-electron chi connectivity index (χ0n) is 9.17. The van der Waals surface area contributed by atoms with E-state index in [0.29, 0.717) is 15.1 Å². The highest BCUT2D eigenvalue weighted by Gasteiger charge is 2.14. The molecule has 0 aromatic heterocycles. The summed E-state index contributed by atoms with van der Waals surface area (Å²) in [7, 11) is 0.